The Kier molecular flexibility index (Phi) is 4.82. The molecule has 1 unspecified atom stereocenters. The third-order valence-electron chi connectivity index (χ3n) is 0.775. The standard InChI is InChI=1S/C6H10NO2/c1-3-4-7-6(2)9-5-8/h3,6-7H,1,4H2,2H3. The van der Waals surface area contributed by atoms with Crippen LogP contribution in [-0.4, -0.2) is 19.2 Å². The Morgan fingerprint density at radius 3 is 3.11 bits per heavy atom. The Morgan fingerprint density at radius 2 is 2.67 bits per heavy atom. The fraction of sp³-hybridized carbons (Fsp3) is 0.500. The molecule has 3 heteroatoms. The van der Waals surface area contributed by atoms with Gasteiger partial charge in [0.1, 0.15) is 0 Å². The highest BCUT2D eigenvalue weighted by Gasteiger charge is 1.95. The van der Waals surface area contributed by atoms with Gasteiger partial charge in [0.2, 0.25) is 0 Å². The van der Waals surface area contributed by atoms with Crippen molar-refractivity contribution in [1.29, 1.82) is 0 Å². The molecule has 0 fully saturated rings. The van der Waals surface area contributed by atoms with Gasteiger partial charge in [-0.25, -0.2) is 4.79 Å². The van der Waals surface area contributed by atoms with Crippen LogP contribution in [0.3, 0.4) is 0 Å². The summed E-state index contributed by atoms with van der Waals surface area (Å²) < 4.78 is 4.38. The summed E-state index contributed by atoms with van der Waals surface area (Å²) >= 11 is 0. The van der Waals surface area contributed by atoms with Crippen LogP contribution in [0.25, 0.3) is 0 Å². The summed E-state index contributed by atoms with van der Waals surface area (Å²) in [5.41, 5.74) is 0. The zero-order valence-corrected chi connectivity index (χ0v) is 5.39. The maximum Gasteiger partial charge on any atom is 0.419 e. The largest absolute Gasteiger partial charge is 0.438 e. The average Bonchev–Trinajstić information content (AvgIpc) is 1.85. The van der Waals surface area contributed by atoms with E-state index in [1.54, 1.807) is 13.0 Å². The van der Waals surface area contributed by atoms with E-state index in [1.165, 1.54) is 6.47 Å². The normalized spacial score (nSPS) is 12.1. The van der Waals surface area contributed by atoms with Crippen molar-refractivity contribution < 1.29 is 9.53 Å². The quantitative estimate of drug-likeness (QED) is 0.424. The second kappa shape index (κ2) is 5.31. The molecule has 1 atom stereocenters. The van der Waals surface area contributed by atoms with Gasteiger partial charge in [-0.1, -0.05) is 6.08 Å². The SMILES string of the molecule is C=CCNC(C)O[C]=O. The van der Waals surface area contributed by atoms with Gasteiger partial charge < -0.3 is 4.74 Å². The molecule has 0 aromatic carbocycles. The predicted molar refractivity (Wildman–Crippen MR) is 34.4 cm³/mol. The van der Waals surface area contributed by atoms with Crippen molar-refractivity contribution >= 4 is 6.47 Å². The van der Waals surface area contributed by atoms with Crippen molar-refractivity contribution in [2.24, 2.45) is 0 Å². The van der Waals surface area contributed by atoms with E-state index in [4.69, 9.17) is 0 Å². The first-order chi connectivity index (χ1) is 4.31. The first kappa shape index (κ1) is 8.17. The molecule has 3 nitrogen and oxygen atoms in total. The molecule has 0 spiro atoms. The van der Waals surface area contributed by atoms with Gasteiger partial charge in [0.05, 0.1) is 0 Å². The molecule has 0 heterocycles. The average molecular weight is 128 g/mol. The summed E-state index contributed by atoms with van der Waals surface area (Å²) in [6.07, 6.45) is 1.41. The maximum atomic E-state index is 9.57. The van der Waals surface area contributed by atoms with Crippen LogP contribution in [0.4, 0.5) is 0 Å². The molecule has 0 aromatic rings. The third-order valence-corrected chi connectivity index (χ3v) is 0.775. The van der Waals surface area contributed by atoms with E-state index in [1.807, 2.05) is 0 Å². The Balaban J connectivity index is 3.14. The van der Waals surface area contributed by atoms with Crippen LogP contribution in [0.1, 0.15) is 6.92 Å². The summed E-state index contributed by atoms with van der Waals surface area (Å²) in [5.74, 6) is 0. The smallest absolute Gasteiger partial charge is 0.419 e. The van der Waals surface area contributed by atoms with E-state index in [-0.39, 0.29) is 6.23 Å². The highest BCUT2D eigenvalue weighted by atomic mass is 16.5. The van der Waals surface area contributed by atoms with Crippen molar-refractivity contribution in [3.63, 3.8) is 0 Å². The highest BCUT2D eigenvalue weighted by molar-refractivity contribution is 5.38. The van der Waals surface area contributed by atoms with Gasteiger partial charge in [-0.05, 0) is 6.92 Å². The molecule has 0 aliphatic carbocycles. The molecule has 0 aromatic heterocycles. The van der Waals surface area contributed by atoms with Crippen LogP contribution in [0.15, 0.2) is 12.7 Å². The van der Waals surface area contributed by atoms with Gasteiger partial charge in [-0.15, -0.1) is 6.58 Å². The van der Waals surface area contributed by atoms with Crippen molar-refractivity contribution in [2.45, 2.75) is 13.2 Å². The van der Waals surface area contributed by atoms with Crippen molar-refractivity contribution in [3.05, 3.63) is 12.7 Å². The molecule has 1 radical (unpaired) electrons. The van der Waals surface area contributed by atoms with Crippen LogP contribution in [-0.2, 0) is 9.53 Å². The van der Waals surface area contributed by atoms with Crippen LogP contribution in [0, 0.1) is 0 Å². The molecule has 0 aliphatic heterocycles. The summed E-state index contributed by atoms with van der Waals surface area (Å²) in [5, 5.41) is 2.83. The molecule has 51 valence electrons. The summed E-state index contributed by atoms with van der Waals surface area (Å²) in [6, 6.07) is 0. The number of rotatable bonds is 5. The van der Waals surface area contributed by atoms with E-state index >= 15 is 0 Å². The van der Waals surface area contributed by atoms with E-state index < -0.39 is 0 Å². The van der Waals surface area contributed by atoms with Gasteiger partial charge in [0.25, 0.3) is 0 Å². The van der Waals surface area contributed by atoms with Crippen LogP contribution < -0.4 is 5.32 Å². The number of hydrogen-bond donors (Lipinski definition) is 1. The van der Waals surface area contributed by atoms with E-state index in [0.717, 1.165) is 0 Å². The topological polar surface area (TPSA) is 38.3 Å². The molecule has 0 saturated carbocycles. The lowest BCUT2D eigenvalue weighted by atomic mass is 10.5. The van der Waals surface area contributed by atoms with Crippen LogP contribution >= 0.6 is 0 Å². The number of hydrogen-bond acceptors (Lipinski definition) is 3. The maximum absolute atomic E-state index is 9.57. The predicted octanol–water partition coefficient (Wildman–Crippen LogP) is 0.192. The van der Waals surface area contributed by atoms with E-state index in [0.29, 0.717) is 6.54 Å². The lowest BCUT2D eigenvalue weighted by Gasteiger charge is -2.07. The minimum absolute atomic E-state index is 0.277. The highest BCUT2D eigenvalue weighted by Crippen LogP contribution is 1.78. The van der Waals surface area contributed by atoms with Crippen LogP contribution in [0.2, 0.25) is 0 Å². The van der Waals surface area contributed by atoms with Crippen LogP contribution in [0.5, 0.6) is 0 Å². The fourth-order valence-electron chi connectivity index (χ4n) is 0.363. The summed E-state index contributed by atoms with van der Waals surface area (Å²) in [4.78, 5) is 9.57. The van der Waals surface area contributed by atoms with Gasteiger partial charge in [0, 0.05) is 6.54 Å². The zero-order valence-electron chi connectivity index (χ0n) is 5.39. The fourth-order valence-corrected chi connectivity index (χ4v) is 0.363. The van der Waals surface area contributed by atoms with E-state index in [2.05, 4.69) is 16.6 Å². The third kappa shape index (κ3) is 5.03. The van der Waals surface area contributed by atoms with Crippen molar-refractivity contribution in [1.82, 2.24) is 5.32 Å². The number of carbonyl (C=O) groups excluding carboxylic acids is 1. The molecule has 0 amide bonds. The Morgan fingerprint density at radius 1 is 2.00 bits per heavy atom. The van der Waals surface area contributed by atoms with Crippen molar-refractivity contribution in [2.75, 3.05) is 6.54 Å². The molecule has 1 N–H and O–H groups in total. The zero-order chi connectivity index (χ0) is 7.11. The van der Waals surface area contributed by atoms with Crippen molar-refractivity contribution in [3.8, 4) is 0 Å². The van der Waals surface area contributed by atoms with E-state index in [9.17, 15) is 4.79 Å². The molecular formula is C6H10NO2. The second-order valence-corrected chi connectivity index (χ2v) is 1.54. The molecule has 0 saturated heterocycles. The van der Waals surface area contributed by atoms with Gasteiger partial charge in [0.15, 0.2) is 6.23 Å². The molecule has 0 aliphatic rings. The Hall–Kier alpha value is -0.830. The first-order valence-electron chi connectivity index (χ1n) is 2.68. The van der Waals surface area contributed by atoms with Gasteiger partial charge in [-0.3, -0.25) is 5.32 Å². The monoisotopic (exact) mass is 128 g/mol. The van der Waals surface area contributed by atoms with Gasteiger partial charge >= 0.3 is 6.47 Å². The summed E-state index contributed by atoms with van der Waals surface area (Å²) in [7, 11) is 0. The molecule has 0 bridgehead atoms. The lowest BCUT2D eigenvalue weighted by Crippen LogP contribution is -2.28. The minimum atomic E-state index is -0.277. The summed E-state index contributed by atoms with van der Waals surface area (Å²) in [6.45, 7) is 7.15. The lowest BCUT2D eigenvalue weighted by molar-refractivity contribution is 0.164. The van der Waals surface area contributed by atoms with Gasteiger partial charge in [-0.2, -0.15) is 0 Å². The molecule has 0 rings (SSSR count). The Labute approximate surface area is 54.7 Å². The number of ether oxygens (including phenoxy) is 1. The first-order valence-corrected chi connectivity index (χ1v) is 2.68. The number of nitrogens with one attached hydrogen (secondary N) is 1. The minimum Gasteiger partial charge on any atom is -0.438 e. The molecule has 9 heavy (non-hydrogen) atoms. The second-order valence-electron chi connectivity index (χ2n) is 1.54. The Bertz CT molecular complexity index is 93.1. The molecular weight excluding hydrogens is 118 g/mol.